The highest BCUT2D eigenvalue weighted by atomic mass is 28.4. The fourth-order valence-corrected chi connectivity index (χ4v) is 13.8. The van der Waals surface area contributed by atoms with Crippen LogP contribution in [0.3, 0.4) is 0 Å². The van der Waals surface area contributed by atoms with E-state index in [0.717, 1.165) is 38.1 Å². The second kappa shape index (κ2) is 40.2. The Morgan fingerprint density at radius 3 is 0.912 bits per heavy atom. The van der Waals surface area contributed by atoms with E-state index in [9.17, 15) is 0 Å². The van der Waals surface area contributed by atoms with Crippen LogP contribution in [-0.4, -0.2) is 61.4 Å². The molecule has 346 valence electrons. The van der Waals surface area contributed by atoms with Crippen molar-refractivity contribution in [3.8, 4) is 0 Å². The molecular formula is C48H103FO6Si2. The van der Waals surface area contributed by atoms with Crippen molar-refractivity contribution in [2.75, 3.05) is 19.8 Å². The van der Waals surface area contributed by atoms with Gasteiger partial charge in [0.15, 0.2) is 0 Å². The lowest BCUT2D eigenvalue weighted by molar-refractivity contribution is 0.00276. The van der Waals surface area contributed by atoms with Crippen molar-refractivity contribution in [3.63, 3.8) is 0 Å². The second-order valence-corrected chi connectivity index (χ2v) is 22.8. The van der Waals surface area contributed by atoms with Gasteiger partial charge in [0, 0.05) is 50.2 Å². The van der Waals surface area contributed by atoms with E-state index in [2.05, 4.69) is 62.3 Å². The van der Waals surface area contributed by atoms with Crippen molar-refractivity contribution in [1.29, 1.82) is 0 Å². The Labute approximate surface area is 359 Å². The SMILES string of the molecule is CCCCCCCCCCCCCCCCCC(F)(CCCCCCC)CC[Si](OCC)(OCC)OCC.CCCCCC[Si](OC(C)C)(OC(C)C)OC(C)C. The number of halogens is 1. The summed E-state index contributed by atoms with van der Waals surface area (Å²) in [4.78, 5) is 0. The van der Waals surface area contributed by atoms with Crippen LogP contribution < -0.4 is 0 Å². The minimum atomic E-state index is -2.80. The van der Waals surface area contributed by atoms with Gasteiger partial charge in [0.25, 0.3) is 0 Å². The molecular weight excluding hydrogens is 748 g/mol. The minimum absolute atomic E-state index is 0.148. The molecule has 0 fully saturated rings. The van der Waals surface area contributed by atoms with Gasteiger partial charge in [0.05, 0.1) is 0 Å². The number of hydrogen-bond acceptors (Lipinski definition) is 6. The van der Waals surface area contributed by atoms with Crippen LogP contribution in [0.4, 0.5) is 4.39 Å². The Hall–Kier alpha value is 0.124. The number of rotatable bonds is 42. The maximum absolute atomic E-state index is 16.3. The van der Waals surface area contributed by atoms with Crippen molar-refractivity contribution in [3.05, 3.63) is 0 Å². The zero-order chi connectivity index (χ0) is 43.1. The lowest BCUT2D eigenvalue weighted by Gasteiger charge is -2.34. The number of hydrogen-bond donors (Lipinski definition) is 0. The van der Waals surface area contributed by atoms with Gasteiger partial charge in [-0.05, 0) is 88.0 Å². The van der Waals surface area contributed by atoms with Crippen molar-refractivity contribution >= 4 is 17.6 Å². The van der Waals surface area contributed by atoms with Gasteiger partial charge in [-0.15, -0.1) is 0 Å². The third-order valence-corrected chi connectivity index (χ3v) is 17.0. The highest BCUT2D eigenvalue weighted by Gasteiger charge is 2.44. The predicted octanol–water partition coefficient (Wildman–Crippen LogP) is 16.5. The van der Waals surface area contributed by atoms with E-state index in [0.29, 0.717) is 45.1 Å². The van der Waals surface area contributed by atoms with E-state index in [4.69, 9.17) is 26.6 Å². The Morgan fingerprint density at radius 2 is 0.632 bits per heavy atom. The fourth-order valence-electron chi connectivity index (χ4n) is 7.72. The second-order valence-electron chi connectivity index (χ2n) is 17.5. The zero-order valence-electron chi connectivity index (χ0n) is 40.7. The molecule has 0 aromatic heterocycles. The Morgan fingerprint density at radius 1 is 0.351 bits per heavy atom. The molecule has 0 aromatic rings. The predicted molar refractivity (Wildman–Crippen MR) is 250 cm³/mol. The van der Waals surface area contributed by atoms with Gasteiger partial charge in [-0.2, -0.15) is 0 Å². The van der Waals surface area contributed by atoms with Crippen LogP contribution in [0, 0.1) is 0 Å². The molecule has 57 heavy (non-hydrogen) atoms. The van der Waals surface area contributed by atoms with E-state index in [1.165, 1.54) is 122 Å². The molecule has 0 spiro atoms. The molecule has 0 heterocycles. The van der Waals surface area contributed by atoms with Crippen molar-refractivity contribution in [1.82, 2.24) is 0 Å². The monoisotopic (exact) mass is 851 g/mol. The Bertz CT molecular complexity index is 776. The molecule has 0 N–H and O–H groups in total. The van der Waals surface area contributed by atoms with E-state index in [1.807, 2.05) is 20.8 Å². The summed E-state index contributed by atoms with van der Waals surface area (Å²) in [5.74, 6) is 0. The van der Waals surface area contributed by atoms with Crippen LogP contribution in [0.15, 0.2) is 0 Å². The van der Waals surface area contributed by atoms with Crippen LogP contribution >= 0.6 is 0 Å². The summed E-state index contributed by atoms with van der Waals surface area (Å²) in [5.41, 5.74) is -1.12. The molecule has 0 aliphatic carbocycles. The first-order valence-corrected chi connectivity index (χ1v) is 28.8. The lowest BCUT2D eigenvalue weighted by Crippen LogP contribution is -2.50. The van der Waals surface area contributed by atoms with Gasteiger partial charge in [0.1, 0.15) is 5.67 Å². The molecule has 9 heteroatoms. The van der Waals surface area contributed by atoms with Crippen molar-refractivity contribution < 1.29 is 30.9 Å². The quantitative estimate of drug-likeness (QED) is 0.0450. The largest absolute Gasteiger partial charge is 0.501 e. The summed E-state index contributed by atoms with van der Waals surface area (Å²) < 4.78 is 52.7. The first-order chi connectivity index (χ1) is 27.3. The van der Waals surface area contributed by atoms with Crippen molar-refractivity contribution in [2.24, 2.45) is 0 Å². The first-order valence-electron chi connectivity index (χ1n) is 25.0. The summed E-state index contributed by atoms with van der Waals surface area (Å²) >= 11 is 0. The molecule has 6 nitrogen and oxygen atoms in total. The third kappa shape index (κ3) is 36.5. The number of unbranched alkanes of at least 4 members (excludes halogenated alkanes) is 21. The van der Waals surface area contributed by atoms with E-state index in [-0.39, 0.29) is 18.3 Å². The van der Waals surface area contributed by atoms with Crippen LogP contribution in [0.25, 0.3) is 0 Å². The molecule has 1 unspecified atom stereocenters. The summed E-state index contributed by atoms with van der Waals surface area (Å²) in [5, 5.41) is 0. The average molecular weight is 852 g/mol. The van der Waals surface area contributed by atoms with Gasteiger partial charge < -0.3 is 26.6 Å². The molecule has 0 aromatic carbocycles. The topological polar surface area (TPSA) is 55.4 Å². The Kier molecular flexibility index (Phi) is 41.8. The van der Waals surface area contributed by atoms with Gasteiger partial charge in [-0.1, -0.05) is 168 Å². The molecule has 0 bridgehead atoms. The molecule has 1 atom stereocenters. The molecule has 0 saturated heterocycles. The molecule has 0 amide bonds. The van der Waals surface area contributed by atoms with E-state index < -0.39 is 23.3 Å². The minimum Gasteiger partial charge on any atom is -0.374 e. The molecule has 0 rings (SSSR count). The van der Waals surface area contributed by atoms with Crippen LogP contribution in [-0.2, 0) is 26.6 Å². The van der Waals surface area contributed by atoms with E-state index in [1.54, 1.807) is 0 Å². The summed E-state index contributed by atoms with van der Waals surface area (Å²) in [6.45, 7) is 26.7. The van der Waals surface area contributed by atoms with E-state index >= 15 is 4.39 Å². The smallest absolute Gasteiger partial charge is 0.374 e. The maximum Gasteiger partial charge on any atom is 0.501 e. The standard InChI is InChI=1S/C33H69FO3Si.C15H34O3Si/c1-6-11-13-15-16-17-18-19-20-21-22-23-24-26-28-30-33(34,29-27-25-14-12-7-2)31-32-38(35-8-3,36-9-4)37-10-5;1-8-9-10-11-12-19(16-13(2)3,17-14(4)5)18-15(6)7/h6-32H2,1-5H3;13-15H,8-12H2,1-7H3. The van der Waals surface area contributed by atoms with Crippen molar-refractivity contribution in [2.45, 2.75) is 293 Å². The summed E-state index contributed by atoms with van der Waals surface area (Å²) in [7, 11) is -5.33. The fraction of sp³-hybridized carbons (Fsp3) is 1.00. The van der Waals surface area contributed by atoms with Crippen LogP contribution in [0.5, 0.6) is 0 Å². The zero-order valence-corrected chi connectivity index (χ0v) is 42.7. The van der Waals surface area contributed by atoms with Gasteiger partial charge in [-0.3, -0.25) is 0 Å². The average Bonchev–Trinajstić information content (AvgIpc) is 3.14. The van der Waals surface area contributed by atoms with Crippen LogP contribution in [0.2, 0.25) is 12.1 Å². The Balaban J connectivity index is 0. The number of alkyl halides is 1. The van der Waals surface area contributed by atoms with Gasteiger partial charge in [0.2, 0.25) is 0 Å². The molecule has 0 aliphatic heterocycles. The van der Waals surface area contributed by atoms with Gasteiger partial charge in [-0.25, -0.2) is 4.39 Å². The maximum atomic E-state index is 16.3. The highest BCUT2D eigenvalue weighted by Crippen LogP contribution is 2.35. The normalized spacial score (nSPS) is 13.5. The third-order valence-electron chi connectivity index (χ3n) is 10.5. The molecule has 0 saturated carbocycles. The van der Waals surface area contributed by atoms with Gasteiger partial charge >= 0.3 is 17.6 Å². The lowest BCUT2D eigenvalue weighted by atomic mass is 9.89. The van der Waals surface area contributed by atoms with Crippen LogP contribution in [0.1, 0.15) is 256 Å². The molecule has 0 radical (unpaired) electrons. The summed E-state index contributed by atoms with van der Waals surface area (Å²) in [6, 6.07) is 1.52. The summed E-state index contributed by atoms with van der Waals surface area (Å²) in [6.07, 6.45) is 33.1. The molecule has 0 aliphatic rings. The highest BCUT2D eigenvalue weighted by molar-refractivity contribution is 6.61. The first kappa shape index (κ1) is 59.2.